The molecule has 0 saturated heterocycles. The van der Waals surface area contributed by atoms with Crippen molar-refractivity contribution in [2.45, 2.75) is 6.92 Å². The van der Waals surface area contributed by atoms with Crippen molar-refractivity contribution in [3.63, 3.8) is 0 Å². The minimum Gasteiger partial charge on any atom is -0.507 e. The van der Waals surface area contributed by atoms with Crippen LogP contribution in [0, 0.1) is 13.5 Å². The predicted octanol–water partition coefficient (Wildman–Crippen LogP) is 2.81. The Kier molecular flexibility index (Phi) is 4.95. The number of benzene rings is 1. The monoisotopic (exact) mass is 311 g/mol. The number of ketones is 1. The van der Waals surface area contributed by atoms with E-state index in [-0.39, 0.29) is 12.5 Å². The number of aromatic hydroxyl groups is 1. The molecule has 23 heavy (non-hydrogen) atoms. The second kappa shape index (κ2) is 7.09. The highest BCUT2D eigenvalue weighted by Gasteiger charge is 2.15. The van der Waals surface area contributed by atoms with Gasteiger partial charge in [0.1, 0.15) is 22.8 Å². The van der Waals surface area contributed by atoms with Gasteiger partial charge in [0.15, 0.2) is 5.78 Å². The number of carbonyl (C=O) groups is 1. The van der Waals surface area contributed by atoms with Crippen LogP contribution in [-0.4, -0.2) is 17.6 Å². The van der Waals surface area contributed by atoms with Gasteiger partial charge in [-0.05, 0) is 30.7 Å². The number of allylic oxidation sites excluding steroid dienone is 1. The molecule has 116 valence electrons. The van der Waals surface area contributed by atoms with E-state index < -0.39 is 22.7 Å². The summed E-state index contributed by atoms with van der Waals surface area (Å²) in [6.45, 7) is 8.08. The second-order valence-electron chi connectivity index (χ2n) is 4.61. The van der Waals surface area contributed by atoms with Crippen LogP contribution >= 0.6 is 0 Å². The normalized spacial score (nSPS) is 10.4. The average Bonchev–Trinajstić information content (AvgIpc) is 2.50. The van der Waals surface area contributed by atoms with Gasteiger partial charge < -0.3 is 14.3 Å². The highest BCUT2D eigenvalue weighted by molar-refractivity contribution is 6.08. The summed E-state index contributed by atoms with van der Waals surface area (Å²) in [5.74, 6) is -0.364. The Morgan fingerprint density at radius 3 is 2.91 bits per heavy atom. The van der Waals surface area contributed by atoms with Gasteiger partial charge in [0.05, 0.1) is 0 Å². The van der Waals surface area contributed by atoms with Crippen LogP contribution in [0.1, 0.15) is 21.7 Å². The van der Waals surface area contributed by atoms with E-state index in [1.165, 1.54) is 19.1 Å². The summed E-state index contributed by atoms with van der Waals surface area (Å²) in [5.41, 5.74) is -0.643. The van der Waals surface area contributed by atoms with Crippen LogP contribution in [0.2, 0.25) is 0 Å². The molecule has 1 N–H and O–H groups in total. The highest BCUT2D eigenvalue weighted by atomic mass is 16.5. The summed E-state index contributed by atoms with van der Waals surface area (Å²) in [7, 11) is 0. The van der Waals surface area contributed by atoms with Crippen LogP contribution in [0.25, 0.3) is 10.9 Å². The van der Waals surface area contributed by atoms with E-state index >= 15 is 0 Å². The fraction of sp³-hybridized carbons (Fsp3) is 0.118. The van der Waals surface area contributed by atoms with Crippen molar-refractivity contribution in [2.24, 2.45) is 0 Å². The Morgan fingerprint density at radius 1 is 1.43 bits per heavy atom. The van der Waals surface area contributed by atoms with Crippen molar-refractivity contribution in [3.8, 4) is 11.5 Å². The molecule has 0 aliphatic carbocycles. The maximum atomic E-state index is 12.1. The lowest BCUT2D eigenvalue weighted by Gasteiger charge is -2.01. The molecule has 0 unspecified atom stereocenters. The molecule has 0 spiro atoms. The Morgan fingerprint density at radius 2 is 2.22 bits per heavy atom. The van der Waals surface area contributed by atoms with Crippen LogP contribution in [0.5, 0.6) is 11.5 Å². The molecule has 0 atom stereocenters. The fourth-order valence-electron chi connectivity index (χ4n) is 1.89. The maximum absolute atomic E-state index is 12.1. The fourth-order valence-corrected chi connectivity index (χ4v) is 1.89. The van der Waals surface area contributed by atoms with Crippen LogP contribution in [0.3, 0.4) is 0 Å². The molecular weight excluding hydrogens is 298 g/mol. The smallest absolute Gasteiger partial charge is 0.357 e. The lowest BCUT2D eigenvalue weighted by atomic mass is 10.1. The SMILES string of the molecule is [C-]#[N+]COc1cccc(/C=C/C(=O)c2c(O)cc(C)oc2=O)c1. The van der Waals surface area contributed by atoms with Gasteiger partial charge in [0.2, 0.25) is 0 Å². The van der Waals surface area contributed by atoms with Gasteiger partial charge in [0.25, 0.3) is 0 Å². The Bertz CT molecular complexity index is 858. The molecular formula is C17H13NO5. The molecule has 0 aliphatic heterocycles. The Balaban J connectivity index is 2.22. The number of nitrogens with zero attached hydrogens (tertiary/aromatic N) is 1. The topological polar surface area (TPSA) is 81.1 Å². The van der Waals surface area contributed by atoms with Gasteiger partial charge in [-0.25, -0.2) is 11.4 Å². The molecule has 2 rings (SSSR count). The lowest BCUT2D eigenvalue weighted by molar-refractivity contribution is 0.104. The molecule has 6 heteroatoms. The molecule has 0 aliphatic rings. The van der Waals surface area contributed by atoms with E-state index in [0.29, 0.717) is 11.3 Å². The molecule has 0 fully saturated rings. The van der Waals surface area contributed by atoms with E-state index in [1.54, 1.807) is 24.3 Å². The van der Waals surface area contributed by atoms with Crippen LogP contribution in [0.15, 0.2) is 45.6 Å². The van der Waals surface area contributed by atoms with Gasteiger partial charge in [-0.1, -0.05) is 18.2 Å². The zero-order valence-corrected chi connectivity index (χ0v) is 12.3. The molecule has 1 aromatic carbocycles. The zero-order chi connectivity index (χ0) is 16.8. The largest absolute Gasteiger partial charge is 0.507 e. The summed E-state index contributed by atoms with van der Waals surface area (Å²) in [4.78, 5) is 26.8. The Labute approximate surface area is 132 Å². The molecule has 1 aromatic heterocycles. The molecule has 0 saturated carbocycles. The van der Waals surface area contributed by atoms with Gasteiger partial charge in [-0.3, -0.25) is 9.64 Å². The van der Waals surface area contributed by atoms with Crippen LogP contribution in [-0.2, 0) is 0 Å². The molecule has 0 amide bonds. The third-order valence-electron chi connectivity index (χ3n) is 2.88. The maximum Gasteiger partial charge on any atom is 0.357 e. The number of hydrogen-bond donors (Lipinski definition) is 1. The van der Waals surface area contributed by atoms with Crippen molar-refractivity contribution in [3.05, 3.63) is 75.1 Å². The first kappa shape index (κ1) is 16.0. The summed E-state index contributed by atoms with van der Waals surface area (Å²) < 4.78 is 9.97. The van der Waals surface area contributed by atoms with Crippen molar-refractivity contribution in [2.75, 3.05) is 6.73 Å². The summed E-state index contributed by atoms with van der Waals surface area (Å²) in [6.07, 6.45) is 2.64. The molecule has 6 nitrogen and oxygen atoms in total. The van der Waals surface area contributed by atoms with Crippen LogP contribution in [0.4, 0.5) is 0 Å². The van der Waals surface area contributed by atoms with E-state index in [2.05, 4.69) is 4.85 Å². The number of rotatable bonds is 5. The molecule has 2 aromatic rings. The number of aryl methyl sites for hydroxylation is 1. The van der Waals surface area contributed by atoms with Gasteiger partial charge >= 0.3 is 12.4 Å². The molecule has 1 heterocycles. The van der Waals surface area contributed by atoms with Crippen molar-refractivity contribution < 1.29 is 19.1 Å². The van der Waals surface area contributed by atoms with Gasteiger partial charge in [0, 0.05) is 6.07 Å². The number of carbonyl (C=O) groups excluding carboxylic acids is 1. The first-order valence-electron chi connectivity index (χ1n) is 6.63. The van der Waals surface area contributed by atoms with E-state index in [9.17, 15) is 14.7 Å². The summed E-state index contributed by atoms with van der Waals surface area (Å²) in [6, 6.07) is 7.98. The first-order valence-corrected chi connectivity index (χ1v) is 6.63. The Hall–Kier alpha value is -3.33. The van der Waals surface area contributed by atoms with E-state index in [0.717, 1.165) is 6.08 Å². The summed E-state index contributed by atoms with van der Waals surface area (Å²) >= 11 is 0. The zero-order valence-electron chi connectivity index (χ0n) is 12.3. The predicted molar refractivity (Wildman–Crippen MR) is 83.3 cm³/mol. The quantitative estimate of drug-likeness (QED) is 0.521. The lowest BCUT2D eigenvalue weighted by Crippen LogP contribution is -2.12. The van der Waals surface area contributed by atoms with E-state index in [4.69, 9.17) is 15.7 Å². The third-order valence-corrected chi connectivity index (χ3v) is 2.88. The van der Waals surface area contributed by atoms with Crippen LogP contribution < -0.4 is 10.4 Å². The third kappa shape index (κ3) is 4.08. The summed E-state index contributed by atoms with van der Waals surface area (Å²) in [5, 5.41) is 9.72. The molecule has 0 bridgehead atoms. The first-order chi connectivity index (χ1) is 11.0. The van der Waals surface area contributed by atoms with E-state index in [1.807, 2.05) is 0 Å². The van der Waals surface area contributed by atoms with Crippen molar-refractivity contribution in [1.82, 2.24) is 0 Å². The number of ether oxygens (including phenoxy) is 1. The molecule has 0 radical (unpaired) electrons. The minimum atomic E-state index is -0.883. The standard InChI is InChI=1S/C17H13NO5/c1-11-8-15(20)16(17(21)23-11)14(19)7-6-12-4-3-5-13(9-12)22-10-18-2/h3-9,20H,10H2,1H3/b7-6+. The van der Waals surface area contributed by atoms with Crippen molar-refractivity contribution in [1.29, 1.82) is 0 Å². The number of hydrogen-bond acceptors (Lipinski definition) is 5. The second-order valence-corrected chi connectivity index (χ2v) is 4.61. The van der Waals surface area contributed by atoms with Crippen molar-refractivity contribution >= 4 is 11.9 Å². The highest BCUT2D eigenvalue weighted by Crippen LogP contribution is 2.17. The van der Waals surface area contributed by atoms with Gasteiger partial charge in [-0.2, -0.15) is 0 Å². The minimum absolute atomic E-state index is 0.0929. The van der Waals surface area contributed by atoms with Gasteiger partial charge in [-0.15, -0.1) is 0 Å². The average molecular weight is 311 g/mol.